The number of halogens is 1. The van der Waals surface area contributed by atoms with E-state index in [0.717, 1.165) is 11.3 Å². The first-order valence-electron chi connectivity index (χ1n) is 13.1. The van der Waals surface area contributed by atoms with Gasteiger partial charge in [0.15, 0.2) is 13.0 Å². The molecule has 0 aromatic heterocycles. The summed E-state index contributed by atoms with van der Waals surface area (Å²) in [5, 5.41) is 0. The number of likely N-dealkylation sites (tertiary alicyclic amines) is 1. The average Bonchev–Trinajstić information content (AvgIpc) is 3.37. The van der Waals surface area contributed by atoms with E-state index in [1.165, 1.54) is 21.9 Å². The summed E-state index contributed by atoms with van der Waals surface area (Å²) in [4.78, 5) is 37.3. The Hall–Kier alpha value is -3.56. The Balaban J connectivity index is 1.42. The van der Waals surface area contributed by atoms with Crippen LogP contribution in [0.25, 0.3) is 0 Å². The van der Waals surface area contributed by atoms with Crippen molar-refractivity contribution in [2.45, 2.75) is 57.8 Å². The summed E-state index contributed by atoms with van der Waals surface area (Å²) < 4.78 is 20.4. The standard InChI is InChI=1S/C29H35FN5O3/c1-21(2)38-26-10-5-7-23(15-26)18-32-13-11-29(17-22(32)3)27(36)33(20-35(4)14-12-31-19-35)28(37)34(29)25-9-6-8-24(30)16-25/h5-10,12,14-16,19,21-22H,11,13,17-18,20H2,1-4H3/q+1/t22-,29+,35?/m0/s1. The molecule has 0 N–H and O–H groups in total. The number of amides is 3. The lowest BCUT2D eigenvalue weighted by atomic mass is 9.81. The van der Waals surface area contributed by atoms with Gasteiger partial charge in [-0.25, -0.2) is 23.6 Å². The molecule has 3 amide bonds. The number of benzene rings is 2. The Morgan fingerprint density at radius 3 is 2.66 bits per heavy atom. The quantitative estimate of drug-likeness (QED) is 0.391. The van der Waals surface area contributed by atoms with E-state index in [1.807, 2.05) is 39.2 Å². The van der Waals surface area contributed by atoms with Crippen LogP contribution in [0.1, 0.15) is 39.2 Å². The zero-order valence-electron chi connectivity index (χ0n) is 22.4. The van der Waals surface area contributed by atoms with Crippen LogP contribution in [-0.4, -0.2) is 70.5 Å². The molecule has 3 heterocycles. The summed E-state index contributed by atoms with van der Waals surface area (Å²) in [5.74, 6) is 0.150. The number of carbonyl (C=O) groups is 2. The Morgan fingerprint density at radius 1 is 1.18 bits per heavy atom. The van der Waals surface area contributed by atoms with Gasteiger partial charge in [0.2, 0.25) is 0 Å². The van der Waals surface area contributed by atoms with Gasteiger partial charge in [0.25, 0.3) is 5.91 Å². The molecule has 2 fully saturated rings. The zero-order chi connectivity index (χ0) is 27.1. The molecule has 2 aromatic rings. The first-order valence-corrected chi connectivity index (χ1v) is 13.1. The molecule has 3 aliphatic heterocycles. The Bertz CT molecular complexity index is 1280. The summed E-state index contributed by atoms with van der Waals surface area (Å²) in [6.45, 7) is 7.54. The number of ether oxygens (including phenoxy) is 1. The fraction of sp³-hybridized carbons (Fsp3) is 0.414. The van der Waals surface area contributed by atoms with Crippen molar-refractivity contribution >= 4 is 24.0 Å². The van der Waals surface area contributed by atoms with Gasteiger partial charge in [0, 0.05) is 24.8 Å². The van der Waals surface area contributed by atoms with Crippen molar-refractivity contribution in [1.82, 2.24) is 9.80 Å². The lowest BCUT2D eigenvalue weighted by Gasteiger charge is -2.45. The van der Waals surface area contributed by atoms with E-state index in [2.05, 4.69) is 28.9 Å². The van der Waals surface area contributed by atoms with Crippen molar-refractivity contribution in [3.05, 3.63) is 72.3 Å². The predicted octanol–water partition coefficient (Wildman–Crippen LogP) is 4.72. The number of hydrogen-bond donors (Lipinski definition) is 0. The van der Waals surface area contributed by atoms with E-state index < -0.39 is 17.4 Å². The van der Waals surface area contributed by atoms with Gasteiger partial charge in [0.1, 0.15) is 23.3 Å². The highest BCUT2D eigenvalue weighted by atomic mass is 19.1. The molecule has 9 heteroatoms. The van der Waals surface area contributed by atoms with Crippen LogP contribution in [0.4, 0.5) is 14.9 Å². The van der Waals surface area contributed by atoms with Gasteiger partial charge in [-0.1, -0.05) is 18.2 Å². The normalized spacial score (nSPS) is 27.4. The molecule has 5 rings (SSSR count). The van der Waals surface area contributed by atoms with Gasteiger partial charge in [0.05, 0.1) is 19.4 Å². The van der Waals surface area contributed by atoms with Crippen LogP contribution in [-0.2, 0) is 11.3 Å². The number of carbonyl (C=O) groups excluding carboxylic acids is 2. The molecule has 3 atom stereocenters. The van der Waals surface area contributed by atoms with Crippen LogP contribution in [0, 0.1) is 5.82 Å². The Labute approximate surface area is 223 Å². The molecule has 3 aliphatic rings. The maximum Gasteiger partial charge on any atom is 0.336 e. The van der Waals surface area contributed by atoms with Crippen LogP contribution in [0.5, 0.6) is 5.75 Å². The first kappa shape index (κ1) is 26.1. The minimum absolute atomic E-state index is 0.00389. The molecule has 0 aliphatic carbocycles. The van der Waals surface area contributed by atoms with E-state index in [-0.39, 0.29) is 29.2 Å². The van der Waals surface area contributed by atoms with E-state index in [9.17, 15) is 14.0 Å². The van der Waals surface area contributed by atoms with Gasteiger partial charge in [-0.3, -0.25) is 14.6 Å². The molecule has 1 unspecified atom stereocenters. The molecule has 2 saturated heterocycles. The third kappa shape index (κ3) is 4.83. The number of aliphatic imine (C=N–C) groups is 1. The number of piperidine rings is 1. The van der Waals surface area contributed by atoms with E-state index in [0.29, 0.717) is 31.6 Å². The van der Waals surface area contributed by atoms with E-state index in [4.69, 9.17) is 4.74 Å². The number of hydrogen-bond acceptors (Lipinski definition) is 5. The Morgan fingerprint density at radius 2 is 1.97 bits per heavy atom. The number of imide groups is 1. The second-order valence-corrected chi connectivity index (χ2v) is 11.0. The fourth-order valence-corrected chi connectivity index (χ4v) is 5.77. The van der Waals surface area contributed by atoms with Crippen LogP contribution in [0.3, 0.4) is 0 Å². The van der Waals surface area contributed by atoms with Crippen molar-refractivity contribution in [3.8, 4) is 5.75 Å². The second kappa shape index (κ2) is 9.96. The van der Waals surface area contributed by atoms with E-state index in [1.54, 1.807) is 24.7 Å². The molecule has 0 bridgehead atoms. The van der Waals surface area contributed by atoms with Crippen molar-refractivity contribution < 1.29 is 23.2 Å². The van der Waals surface area contributed by atoms with E-state index >= 15 is 0 Å². The molecule has 0 saturated carbocycles. The molecule has 8 nitrogen and oxygen atoms in total. The van der Waals surface area contributed by atoms with Gasteiger partial charge in [-0.2, -0.15) is 0 Å². The van der Waals surface area contributed by atoms with Crippen molar-refractivity contribution in [1.29, 1.82) is 0 Å². The van der Waals surface area contributed by atoms with Crippen molar-refractivity contribution in [2.24, 2.45) is 4.99 Å². The lowest BCUT2D eigenvalue weighted by Crippen LogP contribution is -2.59. The summed E-state index contributed by atoms with van der Waals surface area (Å²) in [5.41, 5.74) is 0.447. The van der Waals surface area contributed by atoms with Crippen LogP contribution in [0.15, 0.2) is 65.9 Å². The Kier molecular flexibility index (Phi) is 6.83. The van der Waals surface area contributed by atoms with Crippen LogP contribution < -0.4 is 9.64 Å². The molecule has 0 radical (unpaired) electrons. The summed E-state index contributed by atoms with van der Waals surface area (Å²) >= 11 is 0. The summed E-state index contributed by atoms with van der Waals surface area (Å²) in [6, 6.07) is 13.6. The number of rotatable bonds is 7. The number of quaternary nitrogens is 1. The van der Waals surface area contributed by atoms with Crippen LogP contribution in [0.2, 0.25) is 0 Å². The van der Waals surface area contributed by atoms with Crippen molar-refractivity contribution in [3.63, 3.8) is 0 Å². The predicted molar refractivity (Wildman–Crippen MR) is 144 cm³/mol. The minimum Gasteiger partial charge on any atom is -0.491 e. The monoisotopic (exact) mass is 520 g/mol. The van der Waals surface area contributed by atoms with Gasteiger partial charge >= 0.3 is 6.03 Å². The average molecular weight is 521 g/mol. The smallest absolute Gasteiger partial charge is 0.336 e. The molecule has 2 aromatic carbocycles. The highest BCUT2D eigenvalue weighted by Gasteiger charge is 2.61. The summed E-state index contributed by atoms with van der Waals surface area (Å²) in [6.07, 6.45) is 6.17. The van der Waals surface area contributed by atoms with Crippen molar-refractivity contribution in [2.75, 3.05) is 25.2 Å². The topological polar surface area (TPSA) is 65.5 Å². The maximum absolute atomic E-state index is 14.3. The number of urea groups is 1. The molecule has 38 heavy (non-hydrogen) atoms. The van der Waals surface area contributed by atoms with Gasteiger partial charge < -0.3 is 4.74 Å². The zero-order valence-corrected chi connectivity index (χ0v) is 22.4. The summed E-state index contributed by atoms with van der Waals surface area (Å²) in [7, 11) is 1.88. The fourth-order valence-electron chi connectivity index (χ4n) is 5.77. The second-order valence-electron chi connectivity index (χ2n) is 11.0. The molecular weight excluding hydrogens is 485 g/mol. The van der Waals surface area contributed by atoms with Gasteiger partial charge in [-0.05, 0) is 69.5 Å². The maximum atomic E-state index is 14.3. The first-order chi connectivity index (χ1) is 18.1. The van der Waals surface area contributed by atoms with Gasteiger partial charge in [-0.15, -0.1) is 0 Å². The third-order valence-corrected chi connectivity index (χ3v) is 7.55. The molecular formula is C29H35FN5O3+. The highest BCUT2D eigenvalue weighted by molar-refractivity contribution is 6.17. The number of nitrogens with zero attached hydrogens (tertiary/aromatic N) is 5. The SMILES string of the molecule is CC(C)Oc1cccc(CN2CC[C@@]3(C[C@@H]2C)C(=O)N(C[N+]2(C)C=CN=C2)C(=O)N3c2cccc(F)c2)c1. The largest absolute Gasteiger partial charge is 0.491 e. The highest BCUT2D eigenvalue weighted by Crippen LogP contribution is 2.43. The number of anilines is 1. The third-order valence-electron chi connectivity index (χ3n) is 7.55. The lowest BCUT2D eigenvalue weighted by molar-refractivity contribution is -0.765. The molecule has 200 valence electrons. The minimum atomic E-state index is -1.08. The molecule has 1 spiro atoms. The van der Waals surface area contributed by atoms with Crippen LogP contribution >= 0.6 is 0 Å².